The monoisotopic (exact) mass is 229 g/mol. The van der Waals surface area contributed by atoms with E-state index in [0.29, 0.717) is 0 Å². The van der Waals surface area contributed by atoms with Crippen molar-refractivity contribution < 1.29 is 9.53 Å². The molecule has 1 rings (SSSR count). The van der Waals surface area contributed by atoms with Gasteiger partial charge in [0.25, 0.3) is 0 Å². The molecule has 0 bridgehead atoms. The largest absolute Gasteiger partial charge is 0.444 e. The molecule has 16 heavy (non-hydrogen) atoms. The Bertz CT molecular complexity index is 250. The summed E-state index contributed by atoms with van der Waals surface area (Å²) in [4.78, 5) is 13.7. The zero-order valence-electron chi connectivity index (χ0n) is 10.6. The molecule has 94 valence electrons. The molecule has 1 fully saturated rings. The summed E-state index contributed by atoms with van der Waals surface area (Å²) in [6.07, 6.45) is 0.495. The van der Waals surface area contributed by atoms with Gasteiger partial charge in [0, 0.05) is 18.6 Å². The summed E-state index contributed by atoms with van der Waals surface area (Å²) in [5.41, 5.74) is 5.51. The molecular formula is C11H23N3O2. The maximum Gasteiger partial charge on any atom is 0.407 e. The van der Waals surface area contributed by atoms with Gasteiger partial charge in [-0.15, -0.1) is 0 Å². The molecule has 1 aliphatic rings. The highest BCUT2D eigenvalue weighted by Gasteiger charge is 2.27. The van der Waals surface area contributed by atoms with E-state index in [-0.39, 0.29) is 18.2 Å². The van der Waals surface area contributed by atoms with Crippen LogP contribution < -0.4 is 11.1 Å². The molecule has 5 nitrogen and oxygen atoms in total. The first-order valence-corrected chi connectivity index (χ1v) is 5.71. The number of rotatable bonds is 1. The Labute approximate surface area is 97.3 Å². The third-order valence-corrected chi connectivity index (χ3v) is 2.56. The number of likely N-dealkylation sites (tertiary alicyclic amines) is 1. The minimum atomic E-state index is -0.459. The lowest BCUT2D eigenvalue weighted by molar-refractivity contribution is 0.0472. The highest BCUT2D eigenvalue weighted by atomic mass is 16.6. The highest BCUT2D eigenvalue weighted by Crippen LogP contribution is 2.10. The van der Waals surface area contributed by atoms with Crippen LogP contribution >= 0.6 is 0 Å². The lowest BCUT2D eigenvalue weighted by atomic mass is 10.0. The van der Waals surface area contributed by atoms with Gasteiger partial charge in [-0.25, -0.2) is 4.79 Å². The molecule has 0 unspecified atom stereocenters. The standard InChI is InChI=1S/C11H23N3O2/c1-11(2,3)16-10(15)13-9-5-6-14(4)7-8(9)12/h8-9H,5-7,12H2,1-4H3,(H,13,15)/t8-,9+/m0/s1. The first kappa shape index (κ1) is 13.3. The summed E-state index contributed by atoms with van der Waals surface area (Å²) in [5.74, 6) is 0. The van der Waals surface area contributed by atoms with Crippen LogP contribution in [0, 0.1) is 0 Å². The van der Waals surface area contributed by atoms with Crippen molar-refractivity contribution in [3.8, 4) is 0 Å². The summed E-state index contributed by atoms with van der Waals surface area (Å²) in [5, 5.41) is 2.83. The molecule has 1 saturated heterocycles. The van der Waals surface area contributed by atoms with Crippen molar-refractivity contribution in [2.45, 2.75) is 44.9 Å². The molecule has 5 heteroatoms. The SMILES string of the molecule is CN1CC[C@@H](NC(=O)OC(C)(C)C)[C@@H](N)C1. The Hall–Kier alpha value is -0.810. The zero-order valence-corrected chi connectivity index (χ0v) is 10.6. The van der Waals surface area contributed by atoms with E-state index in [4.69, 9.17) is 10.5 Å². The number of likely N-dealkylation sites (N-methyl/N-ethyl adjacent to an activating group) is 1. The second-order valence-electron chi connectivity index (χ2n) is 5.47. The van der Waals surface area contributed by atoms with Crippen LogP contribution in [0.2, 0.25) is 0 Å². The Balaban J connectivity index is 2.39. The van der Waals surface area contributed by atoms with Crippen molar-refractivity contribution in [3.63, 3.8) is 0 Å². The van der Waals surface area contributed by atoms with E-state index in [1.54, 1.807) is 0 Å². The Morgan fingerprint density at radius 3 is 2.62 bits per heavy atom. The predicted molar refractivity (Wildman–Crippen MR) is 63.2 cm³/mol. The van der Waals surface area contributed by atoms with Crippen molar-refractivity contribution in [1.29, 1.82) is 0 Å². The minimum absolute atomic E-state index is 0.0195. The molecule has 0 aromatic rings. The Morgan fingerprint density at radius 2 is 2.12 bits per heavy atom. The van der Waals surface area contributed by atoms with Crippen LogP contribution in [0.5, 0.6) is 0 Å². The van der Waals surface area contributed by atoms with Crippen molar-refractivity contribution in [3.05, 3.63) is 0 Å². The third-order valence-electron chi connectivity index (χ3n) is 2.56. The molecule has 1 heterocycles. The second-order valence-corrected chi connectivity index (χ2v) is 5.47. The average molecular weight is 229 g/mol. The maximum absolute atomic E-state index is 11.6. The van der Waals surface area contributed by atoms with E-state index in [1.165, 1.54) is 0 Å². The summed E-state index contributed by atoms with van der Waals surface area (Å²) in [6.45, 7) is 7.30. The van der Waals surface area contributed by atoms with Gasteiger partial charge in [0.1, 0.15) is 5.60 Å². The second kappa shape index (κ2) is 5.01. The lowest BCUT2D eigenvalue weighted by Crippen LogP contribution is -2.57. The van der Waals surface area contributed by atoms with Gasteiger partial charge in [-0.1, -0.05) is 0 Å². The van der Waals surface area contributed by atoms with E-state index in [1.807, 2.05) is 27.8 Å². The summed E-state index contributed by atoms with van der Waals surface area (Å²) < 4.78 is 5.20. The summed E-state index contributed by atoms with van der Waals surface area (Å²) >= 11 is 0. The molecule has 2 atom stereocenters. The fourth-order valence-electron chi connectivity index (χ4n) is 1.79. The number of carbonyl (C=O) groups excluding carboxylic acids is 1. The molecule has 0 spiro atoms. The first-order chi connectivity index (χ1) is 7.28. The van der Waals surface area contributed by atoms with Gasteiger partial charge < -0.3 is 20.7 Å². The molecular weight excluding hydrogens is 206 g/mol. The zero-order chi connectivity index (χ0) is 12.3. The normalized spacial score (nSPS) is 27.6. The van der Waals surface area contributed by atoms with Gasteiger partial charge in [0.2, 0.25) is 0 Å². The van der Waals surface area contributed by atoms with E-state index < -0.39 is 5.60 Å². The Morgan fingerprint density at radius 1 is 1.50 bits per heavy atom. The van der Waals surface area contributed by atoms with Gasteiger partial charge in [0.05, 0.1) is 0 Å². The van der Waals surface area contributed by atoms with E-state index >= 15 is 0 Å². The van der Waals surface area contributed by atoms with E-state index in [9.17, 15) is 4.79 Å². The number of alkyl carbamates (subject to hydrolysis) is 1. The van der Waals surface area contributed by atoms with Gasteiger partial charge >= 0.3 is 6.09 Å². The smallest absolute Gasteiger partial charge is 0.407 e. The Kier molecular flexibility index (Phi) is 4.15. The number of hydrogen-bond acceptors (Lipinski definition) is 4. The number of piperidine rings is 1. The number of nitrogens with zero attached hydrogens (tertiary/aromatic N) is 1. The molecule has 1 aliphatic heterocycles. The average Bonchev–Trinajstić information content (AvgIpc) is 2.06. The molecule has 0 aliphatic carbocycles. The molecule has 1 amide bonds. The van der Waals surface area contributed by atoms with Crippen molar-refractivity contribution >= 4 is 6.09 Å². The van der Waals surface area contributed by atoms with Gasteiger partial charge in [-0.3, -0.25) is 0 Å². The van der Waals surface area contributed by atoms with Crippen LogP contribution in [0.15, 0.2) is 0 Å². The summed E-state index contributed by atoms with van der Waals surface area (Å²) in [7, 11) is 2.03. The molecule has 0 saturated carbocycles. The van der Waals surface area contributed by atoms with Crippen molar-refractivity contribution in [2.75, 3.05) is 20.1 Å². The van der Waals surface area contributed by atoms with Crippen LogP contribution in [-0.4, -0.2) is 48.8 Å². The van der Waals surface area contributed by atoms with Crippen LogP contribution in [0.4, 0.5) is 4.79 Å². The highest BCUT2D eigenvalue weighted by molar-refractivity contribution is 5.68. The minimum Gasteiger partial charge on any atom is -0.444 e. The number of carbonyl (C=O) groups is 1. The maximum atomic E-state index is 11.6. The van der Waals surface area contributed by atoms with Crippen LogP contribution in [-0.2, 0) is 4.74 Å². The molecule has 0 aromatic carbocycles. The van der Waals surface area contributed by atoms with Gasteiger partial charge in [-0.05, 0) is 40.8 Å². The fourth-order valence-corrected chi connectivity index (χ4v) is 1.79. The topological polar surface area (TPSA) is 67.6 Å². The van der Waals surface area contributed by atoms with E-state index in [2.05, 4.69) is 10.2 Å². The number of ether oxygens (including phenoxy) is 1. The lowest BCUT2D eigenvalue weighted by Gasteiger charge is -2.35. The third kappa shape index (κ3) is 4.37. The first-order valence-electron chi connectivity index (χ1n) is 5.71. The van der Waals surface area contributed by atoms with Gasteiger partial charge in [0.15, 0.2) is 0 Å². The number of nitrogens with two attached hydrogens (primary N) is 1. The van der Waals surface area contributed by atoms with Crippen LogP contribution in [0.1, 0.15) is 27.2 Å². The van der Waals surface area contributed by atoms with E-state index in [0.717, 1.165) is 19.5 Å². The van der Waals surface area contributed by atoms with Crippen molar-refractivity contribution in [1.82, 2.24) is 10.2 Å². The van der Waals surface area contributed by atoms with Crippen molar-refractivity contribution in [2.24, 2.45) is 5.73 Å². The molecule has 3 N–H and O–H groups in total. The number of nitrogens with one attached hydrogen (secondary N) is 1. The number of amides is 1. The van der Waals surface area contributed by atoms with Crippen LogP contribution in [0.3, 0.4) is 0 Å². The molecule has 0 aromatic heterocycles. The number of hydrogen-bond donors (Lipinski definition) is 2. The van der Waals surface area contributed by atoms with Crippen LogP contribution in [0.25, 0.3) is 0 Å². The molecule has 0 radical (unpaired) electrons. The quantitative estimate of drug-likeness (QED) is 0.689. The van der Waals surface area contributed by atoms with Gasteiger partial charge in [-0.2, -0.15) is 0 Å². The predicted octanol–water partition coefficient (Wildman–Crippen LogP) is 0.543. The summed E-state index contributed by atoms with van der Waals surface area (Å²) in [6, 6.07) is -0.00248. The fraction of sp³-hybridized carbons (Fsp3) is 0.909.